The molecule has 3 aromatic rings. The van der Waals surface area contributed by atoms with Gasteiger partial charge in [-0.2, -0.15) is 0 Å². The summed E-state index contributed by atoms with van der Waals surface area (Å²) in [5.74, 6) is 0.827. The summed E-state index contributed by atoms with van der Waals surface area (Å²) >= 11 is 9.60. The number of esters is 1. The molecular weight excluding hydrogens is 436 g/mol. The van der Waals surface area contributed by atoms with Crippen LogP contribution < -0.4 is 9.47 Å². The van der Waals surface area contributed by atoms with Gasteiger partial charge in [0.1, 0.15) is 25.5 Å². The van der Waals surface area contributed by atoms with Crippen molar-refractivity contribution in [1.82, 2.24) is 9.38 Å². The Kier molecular flexibility index (Phi) is 5.05. The molecule has 0 unspecified atom stereocenters. The maximum absolute atomic E-state index is 12.1. The lowest BCUT2D eigenvalue weighted by Crippen LogP contribution is -2.15. The zero-order valence-electron chi connectivity index (χ0n) is 14.0. The normalized spacial score (nSPS) is 13.3. The summed E-state index contributed by atoms with van der Waals surface area (Å²) in [6, 6.07) is 9.18. The highest BCUT2D eigenvalue weighted by atomic mass is 79.9. The Morgan fingerprint density at radius 3 is 2.89 bits per heavy atom. The number of hydrogen-bond donors (Lipinski definition) is 0. The molecule has 0 saturated carbocycles. The van der Waals surface area contributed by atoms with E-state index in [1.807, 2.05) is 30.5 Å². The van der Waals surface area contributed by atoms with E-state index in [9.17, 15) is 4.79 Å². The van der Waals surface area contributed by atoms with E-state index in [2.05, 4.69) is 20.9 Å². The van der Waals surface area contributed by atoms with Crippen LogP contribution in [0.4, 0.5) is 0 Å². The molecule has 2 aromatic heterocycles. The molecule has 3 heterocycles. The number of carbonyl (C=O) groups is 1. The SMILES string of the molecule is O=C(C=Cc1c(Cl)nc2ccccn12)OCc1cc2c(cc1Br)OCCO2. The average molecular weight is 450 g/mol. The molecule has 1 aliphatic rings. The Labute approximate surface area is 168 Å². The number of aromatic nitrogens is 2. The largest absolute Gasteiger partial charge is 0.486 e. The third-order valence-electron chi connectivity index (χ3n) is 3.98. The molecule has 0 amide bonds. The number of imidazole rings is 1. The van der Waals surface area contributed by atoms with Crippen molar-refractivity contribution in [3.05, 3.63) is 63.5 Å². The van der Waals surface area contributed by atoms with Crippen molar-refractivity contribution in [2.24, 2.45) is 0 Å². The molecule has 0 atom stereocenters. The quantitative estimate of drug-likeness (QED) is 0.439. The molecule has 1 aliphatic heterocycles. The lowest BCUT2D eigenvalue weighted by Gasteiger charge is -2.19. The summed E-state index contributed by atoms with van der Waals surface area (Å²) in [7, 11) is 0. The minimum Gasteiger partial charge on any atom is -0.486 e. The van der Waals surface area contributed by atoms with Crippen molar-refractivity contribution in [3.8, 4) is 11.5 Å². The standard InChI is InChI=1S/C19H14BrClN2O4/c20-13-10-16-15(25-7-8-26-16)9-12(13)11-27-18(24)5-4-14-19(21)22-17-3-1-2-6-23(14)17/h1-6,9-10H,7-8,11H2. The van der Waals surface area contributed by atoms with Crippen molar-refractivity contribution < 1.29 is 19.0 Å². The van der Waals surface area contributed by atoms with Crippen molar-refractivity contribution in [2.45, 2.75) is 6.61 Å². The summed E-state index contributed by atoms with van der Waals surface area (Å²) in [6.45, 7) is 1.11. The van der Waals surface area contributed by atoms with Gasteiger partial charge in [-0.05, 0) is 30.3 Å². The lowest BCUT2D eigenvalue weighted by molar-refractivity contribution is -0.138. The van der Waals surface area contributed by atoms with E-state index in [-0.39, 0.29) is 6.61 Å². The molecule has 27 heavy (non-hydrogen) atoms. The van der Waals surface area contributed by atoms with E-state index < -0.39 is 5.97 Å². The highest BCUT2D eigenvalue weighted by Crippen LogP contribution is 2.35. The second-order valence-corrected chi connectivity index (χ2v) is 6.96. The number of halogens is 2. The summed E-state index contributed by atoms with van der Waals surface area (Å²) < 4.78 is 19.0. The first kappa shape index (κ1) is 17.9. The van der Waals surface area contributed by atoms with Crippen molar-refractivity contribution in [2.75, 3.05) is 13.2 Å². The number of pyridine rings is 1. The Balaban J connectivity index is 1.45. The van der Waals surface area contributed by atoms with E-state index in [0.29, 0.717) is 41.2 Å². The Morgan fingerprint density at radius 1 is 1.30 bits per heavy atom. The molecule has 0 fully saturated rings. The first-order valence-corrected chi connectivity index (χ1v) is 9.34. The average Bonchev–Trinajstić information content (AvgIpc) is 2.99. The maximum Gasteiger partial charge on any atom is 0.331 e. The van der Waals surface area contributed by atoms with Crippen molar-refractivity contribution in [3.63, 3.8) is 0 Å². The zero-order valence-corrected chi connectivity index (χ0v) is 16.4. The molecule has 0 radical (unpaired) electrons. The van der Waals surface area contributed by atoms with Gasteiger partial charge < -0.3 is 14.2 Å². The Hall–Kier alpha value is -2.51. The number of rotatable bonds is 4. The summed E-state index contributed by atoms with van der Waals surface area (Å²) in [6.07, 6.45) is 4.74. The van der Waals surface area contributed by atoms with Crippen molar-refractivity contribution >= 4 is 45.2 Å². The topological polar surface area (TPSA) is 62.1 Å². The molecule has 0 saturated heterocycles. The minimum absolute atomic E-state index is 0.0985. The van der Waals surface area contributed by atoms with Crippen LogP contribution in [0.2, 0.25) is 5.15 Å². The van der Waals surface area contributed by atoms with Crippen LogP contribution in [0.1, 0.15) is 11.3 Å². The van der Waals surface area contributed by atoms with Gasteiger partial charge in [0.15, 0.2) is 16.7 Å². The summed E-state index contributed by atoms with van der Waals surface area (Å²) in [5, 5.41) is 0.319. The molecule has 8 heteroatoms. The van der Waals surface area contributed by atoms with Crippen LogP contribution >= 0.6 is 27.5 Å². The number of carbonyl (C=O) groups excluding carboxylic acids is 1. The molecular formula is C19H14BrClN2O4. The number of ether oxygens (including phenoxy) is 3. The predicted molar refractivity (Wildman–Crippen MR) is 104 cm³/mol. The van der Waals surface area contributed by atoms with Gasteiger partial charge in [-0.1, -0.05) is 33.6 Å². The molecule has 0 spiro atoms. The molecule has 4 rings (SSSR count). The fourth-order valence-electron chi connectivity index (χ4n) is 2.70. The van der Waals surface area contributed by atoms with Crippen LogP contribution in [0.3, 0.4) is 0 Å². The Bertz CT molecular complexity index is 1050. The number of hydrogen-bond acceptors (Lipinski definition) is 5. The van der Waals surface area contributed by atoms with Crippen molar-refractivity contribution in [1.29, 1.82) is 0 Å². The van der Waals surface area contributed by atoms with Gasteiger partial charge in [0.25, 0.3) is 0 Å². The van der Waals surface area contributed by atoms with Crippen LogP contribution in [-0.4, -0.2) is 28.6 Å². The van der Waals surface area contributed by atoms with Crippen LogP contribution in [-0.2, 0) is 16.1 Å². The number of nitrogens with zero attached hydrogens (tertiary/aromatic N) is 2. The fourth-order valence-corrected chi connectivity index (χ4v) is 3.37. The molecule has 138 valence electrons. The highest BCUT2D eigenvalue weighted by molar-refractivity contribution is 9.10. The minimum atomic E-state index is -0.487. The molecule has 6 nitrogen and oxygen atoms in total. The van der Waals surface area contributed by atoms with Crippen LogP contribution in [0.5, 0.6) is 11.5 Å². The van der Waals surface area contributed by atoms with Gasteiger partial charge in [-0.3, -0.25) is 4.40 Å². The second-order valence-electron chi connectivity index (χ2n) is 5.75. The van der Waals surface area contributed by atoms with E-state index in [1.165, 1.54) is 6.08 Å². The third kappa shape index (κ3) is 3.79. The van der Waals surface area contributed by atoms with E-state index >= 15 is 0 Å². The first-order chi connectivity index (χ1) is 13.1. The van der Waals surface area contributed by atoms with Gasteiger partial charge >= 0.3 is 5.97 Å². The van der Waals surface area contributed by atoms with Gasteiger partial charge in [-0.15, -0.1) is 0 Å². The molecule has 0 aliphatic carbocycles. The molecule has 1 aromatic carbocycles. The number of fused-ring (bicyclic) bond motifs is 2. The van der Waals surface area contributed by atoms with Gasteiger partial charge in [-0.25, -0.2) is 9.78 Å². The monoisotopic (exact) mass is 448 g/mol. The highest BCUT2D eigenvalue weighted by Gasteiger charge is 2.15. The number of benzene rings is 1. The predicted octanol–water partition coefficient (Wildman–Crippen LogP) is 4.28. The maximum atomic E-state index is 12.1. The Morgan fingerprint density at radius 2 is 2.07 bits per heavy atom. The van der Waals surface area contributed by atoms with Crippen LogP contribution in [0.25, 0.3) is 11.7 Å². The third-order valence-corrected chi connectivity index (χ3v) is 5.00. The van der Waals surface area contributed by atoms with Crippen LogP contribution in [0.15, 0.2) is 47.1 Å². The summed E-state index contributed by atoms with van der Waals surface area (Å²) in [5.41, 5.74) is 2.11. The van der Waals surface area contributed by atoms with Crippen LogP contribution in [0, 0.1) is 0 Å². The summed E-state index contributed by atoms with van der Waals surface area (Å²) in [4.78, 5) is 16.3. The van der Waals surface area contributed by atoms with E-state index in [0.717, 1.165) is 10.0 Å². The zero-order chi connectivity index (χ0) is 18.8. The first-order valence-electron chi connectivity index (χ1n) is 8.17. The molecule has 0 N–H and O–H groups in total. The molecule has 0 bridgehead atoms. The van der Waals surface area contributed by atoms with E-state index in [4.69, 9.17) is 25.8 Å². The van der Waals surface area contributed by atoms with Gasteiger partial charge in [0, 0.05) is 22.3 Å². The van der Waals surface area contributed by atoms with Gasteiger partial charge in [0.05, 0.1) is 5.69 Å². The fraction of sp³-hybridized carbons (Fsp3) is 0.158. The van der Waals surface area contributed by atoms with E-state index in [1.54, 1.807) is 16.5 Å². The lowest BCUT2D eigenvalue weighted by atomic mass is 10.2. The van der Waals surface area contributed by atoms with Gasteiger partial charge in [0.2, 0.25) is 0 Å². The second kappa shape index (κ2) is 7.62. The smallest absolute Gasteiger partial charge is 0.331 e.